The largest absolute Gasteiger partial charge is 0.416 e. The van der Waals surface area contributed by atoms with Crippen LogP contribution in [0.25, 0.3) is 5.57 Å². The van der Waals surface area contributed by atoms with Gasteiger partial charge in [-0.25, -0.2) is 0 Å². The smallest absolute Gasteiger partial charge is 0.359 e. The van der Waals surface area contributed by atoms with Crippen molar-refractivity contribution in [3.8, 4) is 0 Å². The summed E-state index contributed by atoms with van der Waals surface area (Å²) in [7, 11) is 0. The molecule has 0 saturated heterocycles. The minimum Gasteiger partial charge on any atom is -0.359 e. The lowest BCUT2D eigenvalue weighted by Crippen LogP contribution is -2.20. The van der Waals surface area contributed by atoms with E-state index in [-0.39, 0.29) is 0 Å². The minimum absolute atomic E-state index is 0.557. The minimum atomic E-state index is -4.22. The molecule has 182 valence electrons. The van der Waals surface area contributed by atoms with Gasteiger partial charge in [-0.15, -0.1) is 0 Å². The van der Waals surface area contributed by atoms with E-state index in [1.165, 1.54) is 23.3 Å². The lowest BCUT2D eigenvalue weighted by molar-refractivity contribution is -0.137. The molecule has 0 unspecified atom stereocenters. The van der Waals surface area contributed by atoms with Gasteiger partial charge in [0.2, 0.25) is 6.41 Å². The van der Waals surface area contributed by atoms with E-state index in [1.807, 2.05) is 19.2 Å². The summed E-state index contributed by atoms with van der Waals surface area (Å²) in [5.41, 5.74) is 4.07. The Hall–Kier alpha value is -2.67. The van der Waals surface area contributed by atoms with Crippen molar-refractivity contribution >= 4 is 12.0 Å². The first-order chi connectivity index (χ1) is 15.8. The SMILES string of the molecule is CCCCNC=O.CCCc1cccc(C(F)(F)F)c1.Cc1ncccc1C1=CCNCC1. The predicted octanol–water partition coefficient (Wildman–Crippen LogP) is 5.96. The van der Waals surface area contributed by atoms with Crippen molar-refractivity contribution in [1.29, 1.82) is 0 Å². The van der Waals surface area contributed by atoms with Crippen LogP contribution in [-0.2, 0) is 17.4 Å². The van der Waals surface area contributed by atoms with E-state index in [9.17, 15) is 18.0 Å². The molecule has 1 aromatic heterocycles. The van der Waals surface area contributed by atoms with Gasteiger partial charge in [0.05, 0.1) is 5.56 Å². The van der Waals surface area contributed by atoms with E-state index in [1.54, 1.807) is 6.07 Å². The topological polar surface area (TPSA) is 54.0 Å². The molecule has 2 N–H and O–H groups in total. The number of pyridine rings is 1. The Morgan fingerprint density at radius 1 is 1.15 bits per heavy atom. The molecule has 0 atom stereocenters. The Balaban J connectivity index is 0.000000261. The number of hydrogen-bond acceptors (Lipinski definition) is 3. The van der Waals surface area contributed by atoms with Gasteiger partial charge in [0.1, 0.15) is 0 Å². The summed E-state index contributed by atoms with van der Waals surface area (Å²) < 4.78 is 36.6. The lowest BCUT2D eigenvalue weighted by atomic mass is 9.99. The number of carbonyl (C=O) groups is 1. The molecule has 1 amide bonds. The Bertz CT molecular complexity index is 851. The zero-order chi connectivity index (χ0) is 24.5. The first-order valence-corrected chi connectivity index (χ1v) is 11.5. The fourth-order valence-electron chi connectivity index (χ4n) is 3.22. The van der Waals surface area contributed by atoms with Crippen molar-refractivity contribution in [1.82, 2.24) is 15.6 Å². The molecule has 2 heterocycles. The molecular formula is C26H36F3N3O. The third-order valence-corrected chi connectivity index (χ3v) is 4.97. The quantitative estimate of drug-likeness (QED) is 0.394. The van der Waals surface area contributed by atoms with Crippen molar-refractivity contribution < 1.29 is 18.0 Å². The van der Waals surface area contributed by atoms with E-state index < -0.39 is 11.7 Å². The van der Waals surface area contributed by atoms with Crippen molar-refractivity contribution in [2.75, 3.05) is 19.6 Å². The van der Waals surface area contributed by atoms with E-state index in [2.05, 4.69) is 41.6 Å². The van der Waals surface area contributed by atoms with Crippen LogP contribution < -0.4 is 10.6 Å². The van der Waals surface area contributed by atoms with Crippen molar-refractivity contribution in [3.63, 3.8) is 0 Å². The van der Waals surface area contributed by atoms with Crippen LogP contribution in [0.15, 0.2) is 48.7 Å². The van der Waals surface area contributed by atoms with Gasteiger partial charge in [-0.1, -0.05) is 57.0 Å². The Morgan fingerprint density at radius 3 is 2.52 bits per heavy atom. The summed E-state index contributed by atoms with van der Waals surface area (Å²) in [6.07, 6.45) is 5.52. The van der Waals surface area contributed by atoms with Gasteiger partial charge in [0.15, 0.2) is 0 Å². The normalized spacial score (nSPS) is 13.0. The molecule has 0 aliphatic carbocycles. The summed E-state index contributed by atoms with van der Waals surface area (Å²) in [5.74, 6) is 0. The molecule has 2 aromatic rings. The van der Waals surface area contributed by atoms with Crippen LogP contribution in [0.5, 0.6) is 0 Å². The molecule has 3 rings (SSSR count). The number of nitrogens with zero attached hydrogens (tertiary/aromatic N) is 1. The van der Waals surface area contributed by atoms with Crippen molar-refractivity contribution in [3.05, 3.63) is 71.1 Å². The summed E-state index contributed by atoms with van der Waals surface area (Å²) in [6.45, 7) is 8.99. The molecule has 0 bridgehead atoms. The number of aryl methyl sites for hydroxylation is 2. The molecule has 0 radical (unpaired) electrons. The highest BCUT2D eigenvalue weighted by molar-refractivity contribution is 5.67. The molecule has 0 fully saturated rings. The van der Waals surface area contributed by atoms with E-state index >= 15 is 0 Å². The molecule has 1 aromatic carbocycles. The maximum absolute atomic E-state index is 12.2. The van der Waals surface area contributed by atoms with Crippen LogP contribution in [0.4, 0.5) is 13.2 Å². The summed E-state index contributed by atoms with van der Waals surface area (Å²) >= 11 is 0. The second-order valence-corrected chi connectivity index (χ2v) is 7.69. The average molecular weight is 464 g/mol. The highest BCUT2D eigenvalue weighted by Crippen LogP contribution is 2.29. The number of carbonyl (C=O) groups excluding carboxylic acids is 1. The number of benzene rings is 1. The molecule has 33 heavy (non-hydrogen) atoms. The third kappa shape index (κ3) is 11.7. The standard InChI is InChI=1S/C11H14N2.C10H11F3.C5H11NO/c1-9-11(3-2-6-13-9)10-4-7-12-8-5-10;1-2-4-8-5-3-6-9(7-8)10(11,12)13;1-2-3-4-6-5-7/h2-4,6,12H,5,7-8H2,1H3;3,5-7H,2,4H2,1H3;5H,2-4H2,1H3,(H,6,7). The van der Waals surface area contributed by atoms with Gasteiger partial charge in [-0.3, -0.25) is 9.78 Å². The third-order valence-electron chi connectivity index (χ3n) is 4.97. The molecule has 4 nitrogen and oxygen atoms in total. The predicted molar refractivity (Wildman–Crippen MR) is 129 cm³/mol. The maximum Gasteiger partial charge on any atom is 0.416 e. The highest BCUT2D eigenvalue weighted by atomic mass is 19.4. The van der Waals surface area contributed by atoms with Gasteiger partial charge in [-0.05, 0) is 61.6 Å². The van der Waals surface area contributed by atoms with Gasteiger partial charge < -0.3 is 10.6 Å². The number of nitrogens with one attached hydrogen (secondary N) is 2. The number of amides is 1. The van der Waals surface area contributed by atoms with Crippen LogP contribution in [0.3, 0.4) is 0 Å². The van der Waals surface area contributed by atoms with Crippen LogP contribution >= 0.6 is 0 Å². The van der Waals surface area contributed by atoms with Crippen LogP contribution in [0, 0.1) is 6.92 Å². The van der Waals surface area contributed by atoms with Crippen LogP contribution in [0.1, 0.15) is 61.9 Å². The summed E-state index contributed by atoms with van der Waals surface area (Å²) in [4.78, 5) is 13.9. The van der Waals surface area contributed by atoms with Crippen LogP contribution in [0.2, 0.25) is 0 Å². The monoisotopic (exact) mass is 463 g/mol. The van der Waals surface area contributed by atoms with Crippen molar-refractivity contribution in [2.24, 2.45) is 0 Å². The number of rotatable bonds is 7. The van der Waals surface area contributed by atoms with E-state index in [4.69, 9.17) is 0 Å². The van der Waals surface area contributed by atoms with Gasteiger partial charge in [0.25, 0.3) is 0 Å². The second-order valence-electron chi connectivity index (χ2n) is 7.69. The lowest BCUT2D eigenvalue weighted by Gasteiger charge is -2.15. The molecule has 1 aliphatic heterocycles. The average Bonchev–Trinajstić information content (AvgIpc) is 2.81. The summed E-state index contributed by atoms with van der Waals surface area (Å²) in [5, 5.41) is 5.88. The number of halogens is 3. The van der Waals surface area contributed by atoms with E-state index in [0.29, 0.717) is 6.42 Å². The maximum atomic E-state index is 12.2. The van der Waals surface area contributed by atoms with E-state index in [0.717, 1.165) is 69.1 Å². The molecule has 7 heteroatoms. The number of alkyl halides is 3. The fourth-order valence-corrected chi connectivity index (χ4v) is 3.22. The second kappa shape index (κ2) is 16.0. The first kappa shape index (κ1) is 28.4. The Morgan fingerprint density at radius 2 is 1.94 bits per heavy atom. The number of hydrogen-bond donors (Lipinski definition) is 2. The highest BCUT2D eigenvalue weighted by Gasteiger charge is 2.30. The van der Waals surface area contributed by atoms with Gasteiger partial charge in [0, 0.05) is 25.0 Å². The Kier molecular flexibility index (Phi) is 13.8. The Labute approximate surface area is 195 Å². The number of unbranched alkanes of at least 4 members (excludes halogenated alkanes) is 1. The molecular weight excluding hydrogens is 427 g/mol. The fraction of sp³-hybridized carbons (Fsp3) is 0.462. The first-order valence-electron chi connectivity index (χ1n) is 11.5. The zero-order valence-corrected chi connectivity index (χ0v) is 19.8. The molecule has 1 aliphatic rings. The molecule has 0 saturated carbocycles. The summed E-state index contributed by atoms with van der Waals surface area (Å²) in [6, 6.07) is 9.64. The zero-order valence-electron chi connectivity index (χ0n) is 19.8. The van der Waals surface area contributed by atoms with Crippen molar-refractivity contribution in [2.45, 2.75) is 59.1 Å². The van der Waals surface area contributed by atoms with Crippen LogP contribution in [-0.4, -0.2) is 31.0 Å². The van der Waals surface area contributed by atoms with Gasteiger partial charge in [-0.2, -0.15) is 13.2 Å². The van der Waals surface area contributed by atoms with Gasteiger partial charge >= 0.3 is 6.18 Å². The number of aromatic nitrogens is 1. The molecule has 0 spiro atoms.